The van der Waals surface area contributed by atoms with Crippen LogP contribution in [-0.2, 0) is 5.75 Å². The van der Waals surface area contributed by atoms with E-state index in [1.165, 1.54) is 32.1 Å². The molecule has 0 spiro atoms. The van der Waals surface area contributed by atoms with Crippen molar-refractivity contribution in [3.05, 3.63) is 29.0 Å². The molecule has 112 valence electrons. The monoisotopic (exact) mass is 323 g/mol. The van der Waals surface area contributed by atoms with Gasteiger partial charge in [-0.1, -0.05) is 36.0 Å². The maximum Gasteiger partial charge on any atom is 0.259 e. The van der Waals surface area contributed by atoms with Gasteiger partial charge in [-0.05, 0) is 31.0 Å². The van der Waals surface area contributed by atoms with E-state index in [4.69, 9.17) is 21.9 Å². The lowest BCUT2D eigenvalue weighted by molar-refractivity contribution is 0.425. The van der Waals surface area contributed by atoms with Crippen molar-refractivity contribution in [3.63, 3.8) is 0 Å². The summed E-state index contributed by atoms with van der Waals surface area (Å²) in [6.07, 6.45) is 6.66. The number of benzene rings is 1. The molecule has 4 nitrogen and oxygen atoms in total. The summed E-state index contributed by atoms with van der Waals surface area (Å²) in [5.41, 5.74) is 7.10. The molecular formula is C15H18ClN3OS. The summed E-state index contributed by atoms with van der Waals surface area (Å²) >= 11 is 8.07. The molecule has 3 rings (SSSR count). The minimum atomic E-state index is 0.437. The quantitative estimate of drug-likeness (QED) is 0.837. The summed E-state index contributed by atoms with van der Waals surface area (Å²) in [4.78, 5) is 4.43. The zero-order chi connectivity index (χ0) is 14.7. The molecule has 1 aromatic heterocycles. The predicted octanol–water partition coefficient (Wildman–Crippen LogP) is 4.54. The highest BCUT2D eigenvalue weighted by molar-refractivity contribution is 7.99. The van der Waals surface area contributed by atoms with E-state index in [-0.39, 0.29) is 0 Å². The Morgan fingerprint density at radius 3 is 2.90 bits per heavy atom. The molecule has 2 aromatic rings. The molecule has 0 unspecified atom stereocenters. The molecule has 21 heavy (non-hydrogen) atoms. The molecule has 0 aliphatic heterocycles. The number of rotatable bonds is 4. The third kappa shape index (κ3) is 3.71. The lowest BCUT2D eigenvalue weighted by Gasteiger charge is -2.19. The van der Waals surface area contributed by atoms with E-state index >= 15 is 0 Å². The van der Waals surface area contributed by atoms with Crippen molar-refractivity contribution < 1.29 is 4.52 Å². The van der Waals surface area contributed by atoms with Crippen molar-refractivity contribution in [3.8, 4) is 11.5 Å². The van der Waals surface area contributed by atoms with Crippen molar-refractivity contribution in [1.82, 2.24) is 10.1 Å². The lowest BCUT2D eigenvalue weighted by Crippen LogP contribution is -2.08. The average molecular weight is 324 g/mol. The van der Waals surface area contributed by atoms with Gasteiger partial charge in [-0.15, -0.1) is 0 Å². The Kier molecular flexibility index (Phi) is 4.70. The molecule has 6 heteroatoms. The number of thioether (sulfide) groups is 1. The van der Waals surface area contributed by atoms with E-state index in [1.807, 2.05) is 11.8 Å². The number of nitrogens with zero attached hydrogens (tertiary/aromatic N) is 2. The Bertz CT molecular complexity index is 611. The Hall–Kier alpha value is -1.20. The predicted molar refractivity (Wildman–Crippen MR) is 87.3 cm³/mol. The molecule has 1 aromatic carbocycles. The van der Waals surface area contributed by atoms with E-state index in [0.29, 0.717) is 22.2 Å². The Morgan fingerprint density at radius 2 is 2.10 bits per heavy atom. The van der Waals surface area contributed by atoms with E-state index in [2.05, 4.69) is 10.1 Å². The van der Waals surface area contributed by atoms with Gasteiger partial charge in [0.25, 0.3) is 5.89 Å². The number of hydrogen-bond donors (Lipinski definition) is 1. The first-order chi connectivity index (χ1) is 10.2. The molecule has 1 aliphatic carbocycles. The Balaban J connectivity index is 1.66. The highest BCUT2D eigenvalue weighted by atomic mass is 35.5. The second kappa shape index (κ2) is 6.71. The van der Waals surface area contributed by atoms with Crippen LogP contribution in [0.25, 0.3) is 11.5 Å². The lowest BCUT2D eigenvalue weighted by atomic mass is 10.0. The number of anilines is 1. The van der Waals surface area contributed by atoms with Crippen molar-refractivity contribution in [2.75, 3.05) is 5.73 Å². The van der Waals surface area contributed by atoms with Gasteiger partial charge in [0.15, 0.2) is 5.82 Å². The van der Waals surface area contributed by atoms with Crippen LogP contribution in [0.2, 0.25) is 5.02 Å². The second-order valence-electron chi connectivity index (χ2n) is 5.33. The highest BCUT2D eigenvalue weighted by Gasteiger charge is 2.17. The minimum absolute atomic E-state index is 0.437. The number of aromatic nitrogens is 2. The zero-order valence-electron chi connectivity index (χ0n) is 11.7. The van der Waals surface area contributed by atoms with Gasteiger partial charge in [0, 0.05) is 10.9 Å². The van der Waals surface area contributed by atoms with Crippen molar-refractivity contribution in [2.24, 2.45) is 0 Å². The number of nitrogens with two attached hydrogens (primary N) is 1. The molecule has 1 heterocycles. The van der Waals surface area contributed by atoms with Gasteiger partial charge >= 0.3 is 0 Å². The van der Waals surface area contributed by atoms with Gasteiger partial charge < -0.3 is 10.3 Å². The zero-order valence-corrected chi connectivity index (χ0v) is 13.3. The van der Waals surface area contributed by atoms with E-state index in [0.717, 1.165) is 16.8 Å². The van der Waals surface area contributed by atoms with E-state index < -0.39 is 0 Å². The summed E-state index contributed by atoms with van der Waals surface area (Å²) in [6.45, 7) is 0. The molecule has 0 saturated heterocycles. The topological polar surface area (TPSA) is 64.9 Å². The van der Waals surface area contributed by atoms with Crippen molar-refractivity contribution in [2.45, 2.75) is 43.1 Å². The molecule has 1 fully saturated rings. The largest absolute Gasteiger partial charge is 0.399 e. The summed E-state index contributed by atoms with van der Waals surface area (Å²) in [5.74, 6) is 1.94. The average Bonchev–Trinajstić information content (AvgIpc) is 2.97. The van der Waals surface area contributed by atoms with Crippen LogP contribution in [0, 0.1) is 0 Å². The van der Waals surface area contributed by atoms with Gasteiger partial charge in [-0.3, -0.25) is 0 Å². The van der Waals surface area contributed by atoms with Crippen LogP contribution < -0.4 is 5.73 Å². The molecule has 1 saturated carbocycles. The molecular weight excluding hydrogens is 306 g/mol. The van der Waals surface area contributed by atoms with E-state index in [9.17, 15) is 0 Å². The molecule has 0 bridgehead atoms. The standard InChI is InChI=1S/C15H18ClN3OS/c16-13-7-6-10(17)8-12(13)15-18-14(19-20-15)9-21-11-4-2-1-3-5-11/h6-8,11H,1-5,9,17H2. The molecule has 0 radical (unpaired) electrons. The van der Waals surface area contributed by atoms with Gasteiger partial charge in [-0.2, -0.15) is 16.7 Å². The van der Waals surface area contributed by atoms with Gasteiger partial charge in [0.2, 0.25) is 0 Å². The summed E-state index contributed by atoms with van der Waals surface area (Å²) in [6, 6.07) is 5.25. The first-order valence-corrected chi connectivity index (χ1v) is 8.64. The third-order valence-corrected chi connectivity index (χ3v) is 5.39. The maximum atomic E-state index is 6.15. The summed E-state index contributed by atoms with van der Waals surface area (Å²) < 4.78 is 5.31. The Labute approximate surface area is 133 Å². The number of nitrogen functional groups attached to an aromatic ring is 1. The fourth-order valence-corrected chi connectivity index (χ4v) is 3.92. The van der Waals surface area contributed by atoms with Crippen LogP contribution >= 0.6 is 23.4 Å². The second-order valence-corrected chi connectivity index (χ2v) is 7.02. The smallest absolute Gasteiger partial charge is 0.259 e. The minimum Gasteiger partial charge on any atom is -0.399 e. The molecule has 0 amide bonds. The van der Waals surface area contributed by atoms with Crippen LogP contribution in [0.5, 0.6) is 0 Å². The molecule has 2 N–H and O–H groups in total. The normalized spacial score (nSPS) is 16.2. The van der Waals surface area contributed by atoms with Crippen molar-refractivity contribution in [1.29, 1.82) is 0 Å². The third-order valence-electron chi connectivity index (χ3n) is 3.69. The van der Waals surface area contributed by atoms with Crippen LogP contribution in [0.4, 0.5) is 5.69 Å². The SMILES string of the molecule is Nc1ccc(Cl)c(-c2nc(CSC3CCCCC3)no2)c1. The molecule has 1 aliphatic rings. The van der Waals surface area contributed by atoms with Crippen molar-refractivity contribution >= 4 is 29.1 Å². The number of halogens is 1. The first kappa shape index (κ1) is 14.7. The van der Waals surface area contributed by atoms with Crippen LogP contribution in [0.15, 0.2) is 22.7 Å². The first-order valence-electron chi connectivity index (χ1n) is 7.22. The summed E-state index contributed by atoms with van der Waals surface area (Å²) in [5, 5.41) is 5.34. The van der Waals surface area contributed by atoms with Crippen LogP contribution in [-0.4, -0.2) is 15.4 Å². The highest BCUT2D eigenvalue weighted by Crippen LogP contribution is 2.32. The maximum absolute atomic E-state index is 6.15. The van der Waals surface area contributed by atoms with E-state index in [1.54, 1.807) is 18.2 Å². The fraction of sp³-hybridized carbons (Fsp3) is 0.467. The fourth-order valence-electron chi connectivity index (χ4n) is 2.55. The summed E-state index contributed by atoms with van der Waals surface area (Å²) in [7, 11) is 0. The van der Waals surface area contributed by atoms with Gasteiger partial charge in [0.1, 0.15) is 0 Å². The van der Waals surface area contributed by atoms with Gasteiger partial charge in [-0.25, -0.2) is 0 Å². The molecule has 0 atom stereocenters. The van der Waals surface area contributed by atoms with Crippen LogP contribution in [0.1, 0.15) is 37.9 Å². The van der Waals surface area contributed by atoms with Gasteiger partial charge in [0.05, 0.1) is 16.3 Å². The van der Waals surface area contributed by atoms with Crippen LogP contribution in [0.3, 0.4) is 0 Å². The number of hydrogen-bond acceptors (Lipinski definition) is 5. The Morgan fingerprint density at radius 1 is 1.29 bits per heavy atom.